The molecule has 1 aromatic carbocycles. The molecule has 196 valence electrons. The Labute approximate surface area is 208 Å². The second-order valence-electron chi connectivity index (χ2n) is 8.62. The highest BCUT2D eigenvalue weighted by Crippen LogP contribution is 2.52. The predicted octanol–water partition coefficient (Wildman–Crippen LogP) is 2.42. The van der Waals surface area contributed by atoms with E-state index in [0.717, 1.165) is 40.6 Å². The van der Waals surface area contributed by atoms with Gasteiger partial charge in [0.15, 0.2) is 0 Å². The molecular formula is C24H31N2O9P. The molecular weight excluding hydrogens is 491 g/mol. The molecule has 3 atom stereocenters. The summed E-state index contributed by atoms with van der Waals surface area (Å²) in [6, 6.07) is 8.13. The molecule has 1 aliphatic carbocycles. The largest absolute Gasteiger partial charge is 0.467 e. The Morgan fingerprint density at radius 1 is 1.06 bits per heavy atom. The highest BCUT2D eigenvalue weighted by molar-refractivity contribution is 7.55. The van der Waals surface area contributed by atoms with Crippen molar-refractivity contribution in [1.29, 1.82) is 0 Å². The third-order valence-electron chi connectivity index (χ3n) is 6.47. The lowest BCUT2D eigenvalue weighted by Crippen LogP contribution is -2.45. The van der Waals surface area contributed by atoms with Crippen molar-refractivity contribution in [2.75, 3.05) is 27.9 Å². The lowest BCUT2D eigenvalue weighted by Gasteiger charge is -2.26. The van der Waals surface area contributed by atoms with E-state index >= 15 is 0 Å². The molecule has 0 amide bonds. The van der Waals surface area contributed by atoms with Crippen molar-refractivity contribution in [1.82, 2.24) is 9.13 Å². The molecule has 12 heteroatoms. The van der Waals surface area contributed by atoms with Crippen LogP contribution < -0.4 is 11.2 Å². The topological polar surface area (TPSA) is 132 Å². The summed E-state index contributed by atoms with van der Waals surface area (Å²) >= 11 is 0. The number of rotatable bonds is 10. The molecule has 1 aliphatic rings. The molecule has 1 saturated carbocycles. The number of aromatic nitrogens is 2. The maximum atomic E-state index is 13.2. The number of methoxy groups -OCH3 is 1. The van der Waals surface area contributed by atoms with Gasteiger partial charge in [-0.05, 0) is 43.7 Å². The van der Waals surface area contributed by atoms with Crippen LogP contribution >= 0.6 is 7.60 Å². The fourth-order valence-electron chi connectivity index (χ4n) is 4.45. The van der Waals surface area contributed by atoms with Crippen LogP contribution in [0.15, 0.2) is 46.1 Å². The third kappa shape index (κ3) is 5.75. The standard InChI is InChI=1S/C24H31N2O9P/c1-16-13-25(24(30)26(20(16)27)21(28)17-9-6-5-7-10-17)14-18-11-8-12-19(18)15-35-23(22(29)32-2)36(31,33-3)34-4/h5-7,9-10,13,18-19,23H,8,11-12,14-15H2,1-4H3/t18-,19+,23?/m1/s1. The molecule has 1 aromatic heterocycles. The zero-order valence-corrected chi connectivity index (χ0v) is 21.6. The Balaban J connectivity index is 1.83. The van der Waals surface area contributed by atoms with Crippen molar-refractivity contribution in [3.8, 4) is 0 Å². The van der Waals surface area contributed by atoms with Gasteiger partial charge in [0, 0.05) is 38.1 Å². The maximum absolute atomic E-state index is 13.2. The number of hydrogen-bond donors (Lipinski definition) is 0. The first-order valence-corrected chi connectivity index (χ1v) is 13.1. The number of aryl methyl sites for hydroxylation is 1. The van der Waals surface area contributed by atoms with Gasteiger partial charge in [-0.1, -0.05) is 24.6 Å². The van der Waals surface area contributed by atoms with Gasteiger partial charge >= 0.3 is 19.3 Å². The predicted molar refractivity (Wildman–Crippen MR) is 130 cm³/mol. The van der Waals surface area contributed by atoms with Gasteiger partial charge in [0.25, 0.3) is 17.3 Å². The summed E-state index contributed by atoms with van der Waals surface area (Å²) in [5.41, 5.74) is -0.888. The lowest BCUT2D eigenvalue weighted by atomic mass is 9.97. The number of ether oxygens (including phenoxy) is 2. The van der Waals surface area contributed by atoms with Crippen LogP contribution in [0.3, 0.4) is 0 Å². The second-order valence-corrected chi connectivity index (χ2v) is 10.9. The Morgan fingerprint density at radius 2 is 1.69 bits per heavy atom. The summed E-state index contributed by atoms with van der Waals surface area (Å²) < 4.78 is 35.1. The molecule has 3 rings (SSSR count). The van der Waals surface area contributed by atoms with Crippen molar-refractivity contribution < 1.29 is 32.7 Å². The highest BCUT2D eigenvalue weighted by atomic mass is 31.2. The Kier molecular flexibility index (Phi) is 9.19. The monoisotopic (exact) mass is 522 g/mol. The lowest BCUT2D eigenvalue weighted by molar-refractivity contribution is -0.150. The van der Waals surface area contributed by atoms with Gasteiger partial charge in [-0.15, -0.1) is 0 Å². The second kappa shape index (κ2) is 11.9. The number of esters is 1. The Hall–Kier alpha value is -2.85. The van der Waals surface area contributed by atoms with E-state index in [1.807, 2.05) is 0 Å². The van der Waals surface area contributed by atoms with Gasteiger partial charge in [0.2, 0.25) is 0 Å². The van der Waals surface area contributed by atoms with E-state index in [9.17, 15) is 23.7 Å². The van der Waals surface area contributed by atoms with E-state index in [2.05, 4.69) is 0 Å². The summed E-state index contributed by atoms with van der Waals surface area (Å²) in [6.45, 7) is 1.85. The Morgan fingerprint density at radius 3 is 2.31 bits per heavy atom. The van der Waals surface area contributed by atoms with Crippen LogP contribution in [0.5, 0.6) is 0 Å². The molecule has 1 unspecified atom stereocenters. The molecule has 1 fully saturated rings. The quantitative estimate of drug-likeness (QED) is 0.341. The van der Waals surface area contributed by atoms with E-state index in [-0.39, 0.29) is 36.1 Å². The molecule has 1 heterocycles. The molecule has 0 bridgehead atoms. The molecule has 0 spiro atoms. The minimum absolute atomic E-state index is 0.0530. The minimum Gasteiger partial charge on any atom is -0.467 e. The summed E-state index contributed by atoms with van der Waals surface area (Å²) in [5.74, 6) is -3.26. The first kappa shape index (κ1) is 27.7. The van der Waals surface area contributed by atoms with E-state index in [1.165, 1.54) is 10.8 Å². The molecule has 2 aromatic rings. The summed E-state index contributed by atoms with van der Waals surface area (Å²) in [5, 5.41) is 0. The normalized spacial score (nSPS) is 18.7. The van der Waals surface area contributed by atoms with Crippen LogP contribution in [0.4, 0.5) is 0 Å². The molecule has 11 nitrogen and oxygen atoms in total. The zero-order valence-electron chi connectivity index (χ0n) is 20.7. The average molecular weight is 522 g/mol. The number of carbonyl (C=O) groups excluding carboxylic acids is 2. The van der Waals surface area contributed by atoms with Crippen LogP contribution in [-0.4, -0.2) is 54.8 Å². The number of hydrogen-bond acceptors (Lipinski definition) is 9. The zero-order chi connectivity index (χ0) is 26.5. The number of carbonyl (C=O) groups is 2. The van der Waals surface area contributed by atoms with Crippen molar-refractivity contribution in [3.05, 3.63) is 68.5 Å². The van der Waals surface area contributed by atoms with Crippen LogP contribution in [0, 0.1) is 18.8 Å². The highest BCUT2D eigenvalue weighted by Gasteiger charge is 2.43. The van der Waals surface area contributed by atoms with Gasteiger partial charge in [0.1, 0.15) is 0 Å². The molecule has 0 aliphatic heterocycles. The summed E-state index contributed by atoms with van der Waals surface area (Å²) in [4.78, 5) is 51.0. The summed E-state index contributed by atoms with van der Waals surface area (Å²) in [6.07, 6.45) is 3.82. The van der Waals surface area contributed by atoms with Crippen molar-refractivity contribution in [2.24, 2.45) is 11.8 Å². The third-order valence-corrected chi connectivity index (χ3v) is 8.42. The van der Waals surface area contributed by atoms with Gasteiger partial charge in [-0.3, -0.25) is 18.7 Å². The smallest absolute Gasteiger partial charge is 0.370 e. The fourth-order valence-corrected chi connectivity index (χ4v) is 5.62. The molecule has 0 saturated heterocycles. The fraction of sp³-hybridized carbons (Fsp3) is 0.500. The van der Waals surface area contributed by atoms with Gasteiger partial charge in [0.05, 0.1) is 13.7 Å². The molecule has 36 heavy (non-hydrogen) atoms. The maximum Gasteiger partial charge on any atom is 0.370 e. The van der Waals surface area contributed by atoms with Crippen LogP contribution in [0.2, 0.25) is 0 Å². The van der Waals surface area contributed by atoms with E-state index < -0.39 is 36.6 Å². The van der Waals surface area contributed by atoms with Crippen molar-refractivity contribution in [3.63, 3.8) is 0 Å². The number of benzene rings is 1. The van der Waals surface area contributed by atoms with Crippen LogP contribution in [0.1, 0.15) is 35.2 Å². The van der Waals surface area contributed by atoms with Gasteiger partial charge in [-0.25, -0.2) is 9.59 Å². The van der Waals surface area contributed by atoms with Gasteiger partial charge < -0.3 is 18.5 Å². The van der Waals surface area contributed by atoms with Gasteiger partial charge in [-0.2, -0.15) is 4.57 Å². The number of nitrogens with zero attached hydrogens (tertiary/aromatic N) is 2. The van der Waals surface area contributed by atoms with E-state index in [1.54, 1.807) is 37.3 Å². The molecule has 0 radical (unpaired) electrons. The first-order valence-electron chi connectivity index (χ1n) is 11.5. The first-order chi connectivity index (χ1) is 17.2. The van der Waals surface area contributed by atoms with Crippen molar-refractivity contribution in [2.45, 2.75) is 38.6 Å². The Bertz CT molecular complexity index is 1250. The van der Waals surface area contributed by atoms with Crippen molar-refractivity contribution >= 4 is 19.5 Å². The van der Waals surface area contributed by atoms with Crippen LogP contribution in [0.25, 0.3) is 0 Å². The average Bonchev–Trinajstić information content (AvgIpc) is 3.34. The van der Waals surface area contributed by atoms with E-state index in [4.69, 9.17) is 18.5 Å². The van der Waals surface area contributed by atoms with E-state index in [0.29, 0.717) is 4.57 Å². The summed E-state index contributed by atoms with van der Waals surface area (Å²) in [7, 11) is -0.445. The SMILES string of the molecule is COC(=O)C(OC[C@@H]1CCC[C@@H]1Cn1cc(C)c(=O)n(C(=O)c2ccccc2)c1=O)P(=O)(OC)OC. The van der Waals surface area contributed by atoms with Crippen LogP contribution in [-0.2, 0) is 34.4 Å². The minimum atomic E-state index is -3.90. The molecule has 0 N–H and O–H groups in total.